The van der Waals surface area contributed by atoms with Crippen LogP contribution in [-0.4, -0.2) is 17.1 Å². The van der Waals surface area contributed by atoms with Crippen molar-refractivity contribution in [3.8, 4) is 5.75 Å². The van der Waals surface area contributed by atoms with E-state index in [1.165, 1.54) is 5.56 Å². The second kappa shape index (κ2) is 5.97. The highest BCUT2D eigenvalue weighted by Gasteiger charge is 2.10. The number of anilines is 1. The van der Waals surface area contributed by atoms with Crippen molar-refractivity contribution in [2.24, 2.45) is 0 Å². The third-order valence-corrected chi connectivity index (χ3v) is 3.35. The molecule has 1 heterocycles. The molecule has 4 nitrogen and oxygen atoms in total. The fourth-order valence-corrected chi connectivity index (χ4v) is 2.35. The highest BCUT2D eigenvalue weighted by Crippen LogP contribution is 2.29. The lowest BCUT2D eigenvalue weighted by atomic mass is 10.2. The van der Waals surface area contributed by atoms with E-state index in [0.29, 0.717) is 23.6 Å². The van der Waals surface area contributed by atoms with Crippen LogP contribution in [0.3, 0.4) is 0 Å². The number of halogens is 1. The lowest BCUT2D eigenvalue weighted by Crippen LogP contribution is -2.03. The molecule has 0 unspecified atom stereocenters. The number of benzene rings is 2. The predicted octanol–water partition coefficient (Wildman–Crippen LogP) is 3.90. The Balaban J connectivity index is 1.98. The molecular formula is C16H14ClN3O. The van der Waals surface area contributed by atoms with Crippen molar-refractivity contribution >= 4 is 28.3 Å². The maximum absolute atomic E-state index is 6.02. The standard InChI is InChI=1S/C16H14ClN3O/c1-21-13-9-5-8-12-14(13)19-16(17)20-15(12)18-10-11-6-3-2-4-7-11/h2-9H,10H2,1H3,(H,18,19,20). The first-order valence-electron chi connectivity index (χ1n) is 6.56. The second-order valence-corrected chi connectivity index (χ2v) is 4.87. The Morgan fingerprint density at radius 1 is 1.05 bits per heavy atom. The highest BCUT2D eigenvalue weighted by molar-refractivity contribution is 6.29. The van der Waals surface area contributed by atoms with Crippen molar-refractivity contribution in [2.45, 2.75) is 6.54 Å². The summed E-state index contributed by atoms with van der Waals surface area (Å²) in [6.07, 6.45) is 0. The molecule has 0 saturated heterocycles. The molecule has 2 aromatic carbocycles. The topological polar surface area (TPSA) is 47.0 Å². The van der Waals surface area contributed by atoms with Gasteiger partial charge in [0.25, 0.3) is 0 Å². The number of nitrogens with one attached hydrogen (secondary N) is 1. The second-order valence-electron chi connectivity index (χ2n) is 4.54. The Hall–Kier alpha value is -2.33. The van der Waals surface area contributed by atoms with Crippen molar-refractivity contribution in [3.63, 3.8) is 0 Å². The van der Waals surface area contributed by atoms with Gasteiger partial charge in [-0.3, -0.25) is 0 Å². The van der Waals surface area contributed by atoms with E-state index in [4.69, 9.17) is 16.3 Å². The van der Waals surface area contributed by atoms with E-state index in [9.17, 15) is 0 Å². The van der Waals surface area contributed by atoms with Crippen LogP contribution in [-0.2, 0) is 6.54 Å². The first-order valence-corrected chi connectivity index (χ1v) is 6.94. The fourth-order valence-electron chi connectivity index (χ4n) is 2.18. The minimum atomic E-state index is 0.197. The van der Waals surface area contributed by atoms with Crippen LogP contribution in [0.25, 0.3) is 10.9 Å². The van der Waals surface area contributed by atoms with Crippen molar-refractivity contribution in [1.29, 1.82) is 0 Å². The van der Waals surface area contributed by atoms with Gasteiger partial charge < -0.3 is 10.1 Å². The van der Waals surface area contributed by atoms with E-state index in [-0.39, 0.29) is 5.28 Å². The van der Waals surface area contributed by atoms with Gasteiger partial charge in [0.05, 0.1) is 7.11 Å². The quantitative estimate of drug-likeness (QED) is 0.742. The van der Waals surface area contributed by atoms with Gasteiger partial charge in [0, 0.05) is 11.9 Å². The molecule has 0 spiro atoms. The fraction of sp³-hybridized carbons (Fsp3) is 0.125. The van der Waals surface area contributed by atoms with Gasteiger partial charge in [0.15, 0.2) is 0 Å². The summed E-state index contributed by atoms with van der Waals surface area (Å²) in [5.41, 5.74) is 1.87. The molecule has 0 amide bonds. The Bertz CT molecular complexity index is 762. The zero-order valence-electron chi connectivity index (χ0n) is 11.5. The van der Waals surface area contributed by atoms with Crippen molar-refractivity contribution in [2.75, 3.05) is 12.4 Å². The summed E-state index contributed by atoms with van der Waals surface area (Å²) in [6, 6.07) is 15.8. The summed E-state index contributed by atoms with van der Waals surface area (Å²) < 4.78 is 5.32. The summed E-state index contributed by atoms with van der Waals surface area (Å²) >= 11 is 6.02. The molecule has 0 saturated carbocycles. The van der Waals surface area contributed by atoms with Crippen molar-refractivity contribution in [3.05, 3.63) is 59.4 Å². The maximum Gasteiger partial charge on any atom is 0.225 e. The number of rotatable bonds is 4. The van der Waals surface area contributed by atoms with Crippen LogP contribution >= 0.6 is 11.6 Å². The summed E-state index contributed by atoms with van der Waals surface area (Å²) in [6.45, 7) is 0.667. The van der Waals surface area contributed by atoms with Gasteiger partial charge in [-0.25, -0.2) is 9.97 Å². The molecule has 0 fully saturated rings. The number of ether oxygens (including phenoxy) is 1. The van der Waals surface area contributed by atoms with Crippen LogP contribution in [0.5, 0.6) is 5.75 Å². The molecule has 0 aliphatic carbocycles. The number of aromatic nitrogens is 2. The minimum Gasteiger partial charge on any atom is -0.494 e. The van der Waals surface area contributed by atoms with Crippen LogP contribution in [0.1, 0.15) is 5.56 Å². The van der Waals surface area contributed by atoms with Crippen LogP contribution in [0.2, 0.25) is 5.28 Å². The molecule has 0 atom stereocenters. The number of hydrogen-bond acceptors (Lipinski definition) is 4. The average Bonchev–Trinajstić information content (AvgIpc) is 2.53. The van der Waals surface area contributed by atoms with E-state index in [0.717, 1.165) is 5.39 Å². The lowest BCUT2D eigenvalue weighted by Gasteiger charge is -2.11. The van der Waals surface area contributed by atoms with E-state index in [1.807, 2.05) is 36.4 Å². The zero-order chi connectivity index (χ0) is 14.7. The van der Waals surface area contributed by atoms with Gasteiger partial charge in [0.1, 0.15) is 17.1 Å². The molecule has 3 aromatic rings. The Morgan fingerprint density at radius 3 is 2.62 bits per heavy atom. The number of methoxy groups -OCH3 is 1. The number of nitrogens with zero attached hydrogens (tertiary/aromatic N) is 2. The molecule has 5 heteroatoms. The van der Waals surface area contributed by atoms with Gasteiger partial charge in [-0.15, -0.1) is 0 Å². The minimum absolute atomic E-state index is 0.197. The van der Waals surface area contributed by atoms with Crippen LogP contribution in [0.15, 0.2) is 48.5 Å². The molecule has 21 heavy (non-hydrogen) atoms. The van der Waals surface area contributed by atoms with Crippen molar-refractivity contribution in [1.82, 2.24) is 9.97 Å². The smallest absolute Gasteiger partial charge is 0.225 e. The third kappa shape index (κ3) is 2.90. The molecule has 0 aliphatic rings. The SMILES string of the molecule is COc1cccc2c(NCc3ccccc3)nc(Cl)nc12. The summed E-state index contributed by atoms with van der Waals surface area (Å²) in [7, 11) is 1.61. The summed E-state index contributed by atoms with van der Waals surface area (Å²) in [5, 5.41) is 4.39. The van der Waals surface area contributed by atoms with Gasteiger partial charge in [-0.1, -0.05) is 36.4 Å². The zero-order valence-corrected chi connectivity index (χ0v) is 12.3. The molecule has 0 radical (unpaired) electrons. The molecule has 0 aliphatic heterocycles. The van der Waals surface area contributed by atoms with E-state index >= 15 is 0 Å². The number of para-hydroxylation sites is 1. The Morgan fingerprint density at radius 2 is 1.86 bits per heavy atom. The third-order valence-electron chi connectivity index (χ3n) is 3.18. The van der Waals surface area contributed by atoms with E-state index in [2.05, 4.69) is 27.4 Å². The molecular weight excluding hydrogens is 286 g/mol. The molecule has 1 N–H and O–H groups in total. The molecule has 3 rings (SSSR count). The normalized spacial score (nSPS) is 10.6. The predicted molar refractivity (Wildman–Crippen MR) is 84.9 cm³/mol. The van der Waals surface area contributed by atoms with Crippen LogP contribution in [0.4, 0.5) is 5.82 Å². The number of hydrogen-bond donors (Lipinski definition) is 1. The number of fused-ring (bicyclic) bond motifs is 1. The monoisotopic (exact) mass is 299 g/mol. The van der Waals surface area contributed by atoms with Gasteiger partial charge in [-0.2, -0.15) is 0 Å². The van der Waals surface area contributed by atoms with Gasteiger partial charge in [-0.05, 0) is 29.3 Å². The average molecular weight is 300 g/mol. The first-order chi connectivity index (χ1) is 10.3. The molecule has 106 valence electrons. The summed E-state index contributed by atoms with van der Waals surface area (Å²) in [4.78, 5) is 8.53. The van der Waals surface area contributed by atoms with Crippen molar-refractivity contribution < 1.29 is 4.74 Å². The first kappa shape index (κ1) is 13.6. The van der Waals surface area contributed by atoms with Crippen LogP contribution in [0, 0.1) is 0 Å². The van der Waals surface area contributed by atoms with Crippen LogP contribution < -0.4 is 10.1 Å². The van der Waals surface area contributed by atoms with E-state index in [1.54, 1.807) is 7.11 Å². The lowest BCUT2D eigenvalue weighted by molar-refractivity contribution is 0.419. The highest BCUT2D eigenvalue weighted by atomic mass is 35.5. The Labute approximate surface area is 127 Å². The molecule has 1 aromatic heterocycles. The Kier molecular flexibility index (Phi) is 3.88. The molecule has 0 bridgehead atoms. The van der Waals surface area contributed by atoms with E-state index < -0.39 is 0 Å². The van der Waals surface area contributed by atoms with Gasteiger partial charge in [0.2, 0.25) is 5.28 Å². The largest absolute Gasteiger partial charge is 0.494 e. The van der Waals surface area contributed by atoms with Gasteiger partial charge >= 0.3 is 0 Å². The maximum atomic E-state index is 6.02. The summed E-state index contributed by atoms with van der Waals surface area (Å²) in [5.74, 6) is 1.38.